The molecule has 8 nitrogen and oxygen atoms in total. The Morgan fingerprint density at radius 2 is 1.88 bits per heavy atom. The van der Waals surface area contributed by atoms with Gasteiger partial charge in [0.25, 0.3) is 5.91 Å². The van der Waals surface area contributed by atoms with Gasteiger partial charge in [0.2, 0.25) is 0 Å². The quantitative estimate of drug-likeness (QED) is 0.622. The number of carbonyl (C=O) groups excluding carboxylic acids is 1. The van der Waals surface area contributed by atoms with E-state index in [0.29, 0.717) is 11.5 Å². The van der Waals surface area contributed by atoms with Gasteiger partial charge in [0.1, 0.15) is 17.3 Å². The van der Waals surface area contributed by atoms with Gasteiger partial charge in [0.05, 0.1) is 40.8 Å². The lowest BCUT2D eigenvalue weighted by Crippen LogP contribution is -2.43. The first-order valence-corrected chi connectivity index (χ1v) is 11.1. The molecule has 6 rings (SSSR count). The Labute approximate surface area is 193 Å². The highest BCUT2D eigenvalue weighted by atomic mass is 19.1. The molecule has 3 aromatic rings. The van der Waals surface area contributed by atoms with Gasteiger partial charge in [0.15, 0.2) is 5.84 Å². The Bertz CT molecular complexity index is 1370. The van der Waals surface area contributed by atoms with Crippen molar-refractivity contribution in [2.75, 3.05) is 6.54 Å². The van der Waals surface area contributed by atoms with Crippen molar-refractivity contribution >= 4 is 11.7 Å². The monoisotopic (exact) mass is 461 g/mol. The normalized spacial score (nSPS) is 24.3. The first-order chi connectivity index (χ1) is 16.3. The molecule has 0 saturated heterocycles. The van der Waals surface area contributed by atoms with E-state index in [4.69, 9.17) is 4.98 Å². The maximum absolute atomic E-state index is 14.4. The molecule has 0 unspecified atom stereocenters. The summed E-state index contributed by atoms with van der Waals surface area (Å²) in [7, 11) is 0. The number of amides is 1. The van der Waals surface area contributed by atoms with Crippen LogP contribution in [0.2, 0.25) is 0 Å². The van der Waals surface area contributed by atoms with Crippen LogP contribution in [0.4, 0.5) is 8.78 Å². The number of benzene rings is 1. The highest BCUT2D eigenvalue weighted by molar-refractivity contribution is 6.01. The standard InChI is InChI=1S/C24H21F2N7O/c1-23(2)13-6-7-24(23,18-10-27-9-17(29-18)22-28-11-19(34)31-33-22)21-12(13)8-16(30-32-21)20-14(25)4-3-5-15(20)26/h3-5,8-10,13H,6-7,11H2,1-2H3,(H,28,33)(H,31,34)/t13-,24-/m0/s1. The molecule has 0 spiro atoms. The highest BCUT2D eigenvalue weighted by Gasteiger charge is 2.65. The molecule has 2 atom stereocenters. The van der Waals surface area contributed by atoms with Gasteiger partial charge < -0.3 is 5.32 Å². The molecule has 10 heteroatoms. The van der Waals surface area contributed by atoms with Gasteiger partial charge >= 0.3 is 0 Å². The zero-order valence-corrected chi connectivity index (χ0v) is 18.6. The van der Waals surface area contributed by atoms with Crippen LogP contribution in [-0.4, -0.2) is 38.5 Å². The SMILES string of the molecule is CC1(C)[C@H]2CC[C@]1(c1cncc(C3=NNC(=O)CN3)n1)c1nnc(-c3c(F)cccc3F)cc12. The van der Waals surface area contributed by atoms with Crippen LogP contribution in [0.3, 0.4) is 0 Å². The Balaban J connectivity index is 1.49. The summed E-state index contributed by atoms with van der Waals surface area (Å²) in [6.07, 6.45) is 5.01. The second-order valence-corrected chi connectivity index (χ2v) is 9.49. The molecule has 1 saturated carbocycles. The summed E-state index contributed by atoms with van der Waals surface area (Å²) in [6.45, 7) is 4.44. The van der Waals surface area contributed by atoms with E-state index in [1.54, 1.807) is 18.5 Å². The number of amidine groups is 1. The molecule has 3 heterocycles. The second kappa shape index (κ2) is 7.09. The first-order valence-electron chi connectivity index (χ1n) is 11.1. The van der Waals surface area contributed by atoms with Crippen molar-refractivity contribution in [3.8, 4) is 11.3 Å². The zero-order valence-electron chi connectivity index (χ0n) is 18.6. The molecular formula is C24H21F2N7O. The smallest absolute Gasteiger partial charge is 0.259 e. The number of nitrogens with one attached hydrogen (secondary N) is 2. The lowest BCUT2D eigenvalue weighted by atomic mass is 9.66. The summed E-state index contributed by atoms with van der Waals surface area (Å²) in [5.74, 6) is -1.00. The van der Waals surface area contributed by atoms with Crippen molar-refractivity contribution in [3.05, 3.63) is 70.9 Å². The van der Waals surface area contributed by atoms with E-state index < -0.39 is 17.0 Å². The Morgan fingerprint density at radius 1 is 1.09 bits per heavy atom. The molecule has 1 amide bonds. The largest absolute Gasteiger partial charge is 0.358 e. The van der Waals surface area contributed by atoms with Crippen molar-refractivity contribution in [2.45, 2.75) is 38.0 Å². The third kappa shape index (κ3) is 2.68. The second-order valence-electron chi connectivity index (χ2n) is 9.49. The van der Waals surface area contributed by atoms with Crippen LogP contribution in [-0.2, 0) is 10.2 Å². The highest BCUT2D eigenvalue weighted by Crippen LogP contribution is 2.69. The number of carbonyl (C=O) groups is 1. The molecule has 1 aromatic carbocycles. The lowest BCUT2D eigenvalue weighted by molar-refractivity contribution is -0.120. The molecule has 0 radical (unpaired) electrons. The van der Waals surface area contributed by atoms with Crippen molar-refractivity contribution in [1.82, 2.24) is 30.9 Å². The molecule has 3 aliphatic rings. The number of rotatable bonds is 3. The fourth-order valence-corrected chi connectivity index (χ4v) is 5.95. The van der Waals surface area contributed by atoms with Crippen molar-refractivity contribution in [3.63, 3.8) is 0 Å². The predicted octanol–water partition coefficient (Wildman–Crippen LogP) is 2.80. The van der Waals surface area contributed by atoms with Crippen LogP contribution >= 0.6 is 0 Å². The maximum Gasteiger partial charge on any atom is 0.259 e. The van der Waals surface area contributed by atoms with E-state index in [-0.39, 0.29) is 35.0 Å². The summed E-state index contributed by atoms with van der Waals surface area (Å²) in [5.41, 5.74) is 4.58. The van der Waals surface area contributed by atoms with Gasteiger partial charge in [-0.3, -0.25) is 9.78 Å². The van der Waals surface area contributed by atoms with Crippen LogP contribution in [0.25, 0.3) is 11.3 Å². The van der Waals surface area contributed by atoms with Crippen molar-refractivity contribution in [1.29, 1.82) is 0 Å². The topological polar surface area (TPSA) is 105 Å². The average molecular weight is 461 g/mol. The van der Waals surface area contributed by atoms with Crippen LogP contribution < -0.4 is 10.7 Å². The number of nitrogens with zero attached hydrogens (tertiary/aromatic N) is 5. The minimum Gasteiger partial charge on any atom is -0.358 e. The summed E-state index contributed by atoms with van der Waals surface area (Å²) in [5, 5.41) is 15.8. The van der Waals surface area contributed by atoms with E-state index in [0.717, 1.165) is 29.8 Å². The molecule has 1 aliphatic heterocycles. The van der Waals surface area contributed by atoms with E-state index >= 15 is 0 Å². The summed E-state index contributed by atoms with van der Waals surface area (Å²) in [4.78, 5) is 20.7. The summed E-state index contributed by atoms with van der Waals surface area (Å²) >= 11 is 0. The number of fused-ring (bicyclic) bond motifs is 5. The molecular weight excluding hydrogens is 440 g/mol. The molecule has 2 N–H and O–H groups in total. The number of hydrogen-bond donors (Lipinski definition) is 2. The van der Waals surface area contributed by atoms with E-state index in [1.807, 2.05) is 0 Å². The van der Waals surface area contributed by atoms with Crippen molar-refractivity contribution < 1.29 is 13.6 Å². The number of aromatic nitrogens is 4. The fourth-order valence-electron chi connectivity index (χ4n) is 5.95. The maximum atomic E-state index is 14.4. The lowest BCUT2D eigenvalue weighted by Gasteiger charge is -2.37. The molecule has 34 heavy (non-hydrogen) atoms. The van der Waals surface area contributed by atoms with Gasteiger partial charge in [-0.25, -0.2) is 19.2 Å². The van der Waals surface area contributed by atoms with E-state index in [9.17, 15) is 13.6 Å². The van der Waals surface area contributed by atoms with Crippen molar-refractivity contribution in [2.24, 2.45) is 10.5 Å². The minimum atomic E-state index is -0.669. The van der Waals surface area contributed by atoms with Gasteiger partial charge in [-0.15, -0.1) is 5.10 Å². The van der Waals surface area contributed by atoms with E-state index in [1.165, 1.54) is 18.2 Å². The summed E-state index contributed by atoms with van der Waals surface area (Å²) in [6, 6.07) is 5.54. The molecule has 172 valence electrons. The summed E-state index contributed by atoms with van der Waals surface area (Å²) < 4.78 is 28.9. The molecule has 2 aliphatic carbocycles. The van der Waals surface area contributed by atoms with Crippen LogP contribution in [0.5, 0.6) is 0 Å². The van der Waals surface area contributed by atoms with Gasteiger partial charge in [0, 0.05) is 6.20 Å². The number of hydrazone groups is 1. The van der Waals surface area contributed by atoms with Gasteiger partial charge in [-0.05, 0) is 47.9 Å². The molecule has 2 bridgehead atoms. The van der Waals surface area contributed by atoms with E-state index in [2.05, 4.69) is 44.9 Å². The number of hydrogen-bond acceptors (Lipinski definition) is 7. The van der Waals surface area contributed by atoms with Gasteiger partial charge in [-0.1, -0.05) is 19.9 Å². The number of halogens is 2. The van der Waals surface area contributed by atoms with Gasteiger partial charge in [-0.2, -0.15) is 10.2 Å². The zero-order chi connectivity index (χ0) is 23.7. The molecule has 1 fully saturated rings. The third-order valence-corrected chi connectivity index (χ3v) is 7.62. The third-order valence-electron chi connectivity index (χ3n) is 7.62. The minimum absolute atomic E-state index is 0.104. The predicted molar refractivity (Wildman–Crippen MR) is 119 cm³/mol. The van der Waals surface area contributed by atoms with Crippen LogP contribution in [0.1, 0.15) is 55.3 Å². The first kappa shape index (κ1) is 20.8. The Hall–Kier alpha value is -3.82. The molecule has 2 aromatic heterocycles. The Morgan fingerprint density at radius 3 is 2.62 bits per heavy atom. The van der Waals surface area contributed by atoms with Crippen LogP contribution in [0, 0.1) is 17.0 Å². The average Bonchev–Trinajstić information content (AvgIpc) is 3.21. The van der Waals surface area contributed by atoms with Crippen LogP contribution in [0.15, 0.2) is 41.8 Å². The fraction of sp³-hybridized carbons (Fsp3) is 0.333. The Kier molecular flexibility index (Phi) is 4.33.